The number of aliphatic hydroxyl groups excluding tert-OH is 4. The maximum atomic E-state index is 13.5. The second kappa shape index (κ2) is 8.98. The average Bonchev–Trinajstić information content (AvgIpc) is 3.28. The van der Waals surface area contributed by atoms with Gasteiger partial charge < -0.3 is 44.5 Å². The lowest BCUT2D eigenvalue weighted by Gasteiger charge is -2.48. The first-order chi connectivity index (χ1) is 17.4. The third kappa shape index (κ3) is 3.52. The number of aromatic amines is 1. The molecule has 5 heterocycles. The largest absolute Gasteiger partial charge is 0.471 e. The maximum Gasteiger partial charge on any atom is 0.253 e. The highest BCUT2D eigenvalue weighted by atomic mass is 16.8. The summed E-state index contributed by atoms with van der Waals surface area (Å²) in [6, 6.07) is 8.01. The van der Waals surface area contributed by atoms with Gasteiger partial charge in [-0.1, -0.05) is 24.3 Å². The summed E-state index contributed by atoms with van der Waals surface area (Å²) in [5.41, 5.74) is 3.89. The second-order valence-electron chi connectivity index (χ2n) is 9.89. The molecule has 2 fully saturated rings. The fraction of sp³-hybridized carbons (Fsp3) is 0.500. The minimum Gasteiger partial charge on any atom is -0.471 e. The van der Waals surface area contributed by atoms with E-state index in [0.717, 1.165) is 17.6 Å². The predicted molar refractivity (Wildman–Crippen MR) is 126 cm³/mol. The summed E-state index contributed by atoms with van der Waals surface area (Å²) in [6.45, 7) is 4.01. The Balaban J connectivity index is 1.28. The number of hydrogen-bond donors (Lipinski definition) is 5. The van der Waals surface area contributed by atoms with Crippen LogP contribution in [-0.2, 0) is 25.4 Å². The predicted octanol–water partition coefficient (Wildman–Crippen LogP) is 0.473. The highest BCUT2D eigenvalue weighted by molar-refractivity contribution is 5.96. The van der Waals surface area contributed by atoms with Gasteiger partial charge in [0.05, 0.1) is 24.5 Å². The van der Waals surface area contributed by atoms with E-state index >= 15 is 0 Å². The van der Waals surface area contributed by atoms with Crippen LogP contribution in [0.3, 0.4) is 0 Å². The van der Waals surface area contributed by atoms with E-state index in [2.05, 4.69) is 17.6 Å². The minimum atomic E-state index is -1.56. The molecule has 0 spiro atoms. The van der Waals surface area contributed by atoms with Crippen LogP contribution in [0, 0.1) is 11.8 Å². The molecule has 0 radical (unpaired) electrons. The number of hydrogen-bond acceptors (Lipinski definition) is 8. The van der Waals surface area contributed by atoms with Crippen molar-refractivity contribution in [2.75, 3.05) is 13.2 Å². The Labute approximate surface area is 207 Å². The molecular weight excluding hydrogens is 468 g/mol. The molecule has 4 aliphatic rings. The third-order valence-corrected chi connectivity index (χ3v) is 8.04. The Hall–Kier alpha value is -2.73. The summed E-state index contributed by atoms with van der Waals surface area (Å²) in [7, 11) is 0. The number of nitrogens with zero attached hydrogens (tertiary/aromatic N) is 1. The Morgan fingerprint density at radius 3 is 2.75 bits per heavy atom. The number of aliphatic hydroxyl groups is 4. The van der Waals surface area contributed by atoms with Gasteiger partial charge in [0.25, 0.3) is 5.91 Å². The number of benzene rings is 1. The van der Waals surface area contributed by atoms with E-state index in [9.17, 15) is 25.2 Å². The molecule has 5 N–H and O–H groups in total. The molecule has 6 rings (SSSR count). The van der Waals surface area contributed by atoms with Crippen LogP contribution in [0.2, 0.25) is 0 Å². The second-order valence-corrected chi connectivity index (χ2v) is 9.89. The van der Waals surface area contributed by atoms with Crippen molar-refractivity contribution in [3.8, 4) is 0 Å². The lowest BCUT2D eigenvalue weighted by molar-refractivity contribution is -0.339. The fourth-order valence-electron chi connectivity index (χ4n) is 6.13. The summed E-state index contributed by atoms with van der Waals surface area (Å²) in [5.74, 6) is -0.783. The number of carbonyl (C=O) groups is 1. The molecule has 1 amide bonds. The summed E-state index contributed by atoms with van der Waals surface area (Å²) >= 11 is 0. The number of ether oxygens (including phenoxy) is 3. The quantitative estimate of drug-likeness (QED) is 0.383. The lowest BCUT2D eigenvalue weighted by Crippen LogP contribution is -2.60. The first-order valence-electron chi connectivity index (χ1n) is 12.3. The topological polar surface area (TPSA) is 145 Å². The molecule has 1 aromatic heterocycles. The van der Waals surface area contributed by atoms with Crippen molar-refractivity contribution < 1.29 is 39.4 Å². The lowest BCUT2D eigenvalue weighted by atomic mass is 9.74. The van der Waals surface area contributed by atoms with E-state index in [-0.39, 0.29) is 17.9 Å². The van der Waals surface area contributed by atoms with Crippen molar-refractivity contribution >= 4 is 16.8 Å². The van der Waals surface area contributed by atoms with Crippen molar-refractivity contribution in [2.24, 2.45) is 11.8 Å². The monoisotopic (exact) mass is 498 g/mol. The van der Waals surface area contributed by atoms with E-state index in [1.54, 1.807) is 6.08 Å². The number of amides is 1. The fourth-order valence-corrected chi connectivity index (χ4v) is 6.13. The first-order valence-corrected chi connectivity index (χ1v) is 12.3. The number of carbonyl (C=O) groups excluding carboxylic acids is 1. The highest BCUT2D eigenvalue weighted by Crippen LogP contribution is 2.48. The van der Waals surface area contributed by atoms with E-state index in [1.165, 1.54) is 17.2 Å². The van der Waals surface area contributed by atoms with E-state index in [1.807, 2.05) is 23.1 Å². The zero-order valence-corrected chi connectivity index (χ0v) is 19.6. The van der Waals surface area contributed by atoms with Crippen molar-refractivity contribution in [1.82, 2.24) is 9.88 Å². The average molecular weight is 499 g/mol. The zero-order chi connectivity index (χ0) is 25.1. The van der Waals surface area contributed by atoms with Gasteiger partial charge in [-0.25, -0.2) is 0 Å². The third-order valence-electron chi connectivity index (χ3n) is 8.04. The highest BCUT2D eigenvalue weighted by Gasteiger charge is 2.51. The molecule has 1 aromatic carbocycles. The molecule has 10 heteroatoms. The summed E-state index contributed by atoms with van der Waals surface area (Å²) in [5, 5.41) is 41.3. The molecule has 192 valence electrons. The molecule has 10 nitrogen and oxygen atoms in total. The van der Waals surface area contributed by atoms with E-state index in [4.69, 9.17) is 14.2 Å². The standard InChI is InChI=1S/C26H30N2O8/c1-2-12-15-9-18-20-14(13-5-3-4-6-17(13)27-20)7-8-28(18)24(33)16(15)11-34-25(12)36-26-23(32)22(31)21(30)19(10-29)35-26/h2-6,11-12,15,18-19,21-23,25-27,29-32H,1,7-10H2/t12?,15?,18?,19-,21-,22-,23+,25?,26-/m0/s1. The number of fused-ring (bicyclic) bond motifs is 6. The number of para-hydroxylation sites is 1. The molecule has 0 aliphatic carbocycles. The van der Waals surface area contributed by atoms with E-state index in [0.29, 0.717) is 18.5 Å². The summed E-state index contributed by atoms with van der Waals surface area (Å²) in [4.78, 5) is 19.0. The maximum absolute atomic E-state index is 13.5. The van der Waals surface area contributed by atoms with Crippen molar-refractivity contribution in [3.63, 3.8) is 0 Å². The molecule has 4 unspecified atom stereocenters. The SMILES string of the molecule is C=CC1C(O[C@@H]2O[C@@H](CO)[C@H](O)[C@H](O)[C@H]2O)OC=C2C(=O)N3CCc4c([nH]c5ccccc45)C3CC21. The Morgan fingerprint density at radius 1 is 1.17 bits per heavy atom. The van der Waals surface area contributed by atoms with Crippen molar-refractivity contribution in [1.29, 1.82) is 0 Å². The molecule has 9 atom stereocenters. The number of H-pyrrole nitrogens is 1. The molecular formula is C26H30N2O8. The number of rotatable bonds is 4. The van der Waals surface area contributed by atoms with Crippen LogP contribution in [-0.4, -0.2) is 86.4 Å². The number of nitrogens with one attached hydrogen (secondary N) is 1. The molecule has 4 aliphatic heterocycles. The molecule has 0 bridgehead atoms. The number of aromatic nitrogens is 1. The van der Waals surface area contributed by atoms with Gasteiger partial charge in [0.1, 0.15) is 24.4 Å². The van der Waals surface area contributed by atoms with Crippen LogP contribution >= 0.6 is 0 Å². The Morgan fingerprint density at radius 2 is 1.97 bits per heavy atom. The minimum absolute atomic E-state index is 0.0845. The van der Waals surface area contributed by atoms with Crippen LogP contribution in [0.1, 0.15) is 23.7 Å². The smallest absolute Gasteiger partial charge is 0.253 e. The first kappa shape index (κ1) is 23.7. The normalized spacial score (nSPS) is 38.0. The molecule has 2 saturated heterocycles. The van der Waals surface area contributed by atoms with Gasteiger partial charge in [-0.2, -0.15) is 0 Å². The van der Waals surface area contributed by atoms with Crippen LogP contribution in [0.25, 0.3) is 10.9 Å². The molecule has 36 heavy (non-hydrogen) atoms. The van der Waals surface area contributed by atoms with E-state index < -0.39 is 49.5 Å². The Kier molecular flexibility index (Phi) is 5.90. The summed E-state index contributed by atoms with van der Waals surface area (Å²) < 4.78 is 17.2. The number of piperidine rings is 1. The van der Waals surface area contributed by atoms with Crippen LogP contribution < -0.4 is 0 Å². The Bertz CT molecular complexity index is 1210. The van der Waals surface area contributed by atoms with Crippen LogP contribution in [0.4, 0.5) is 0 Å². The van der Waals surface area contributed by atoms with Crippen molar-refractivity contribution in [3.05, 3.63) is 60.0 Å². The van der Waals surface area contributed by atoms with Gasteiger partial charge in [0.2, 0.25) is 6.29 Å². The van der Waals surface area contributed by atoms with Gasteiger partial charge >= 0.3 is 0 Å². The summed E-state index contributed by atoms with van der Waals surface area (Å²) in [6.07, 6.45) is -3.53. The van der Waals surface area contributed by atoms with Gasteiger partial charge in [0, 0.05) is 35.0 Å². The van der Waals surface area contributed by atoms with Gasteiger partial charge in [-0.3, -0.25) is 4.79 Å². The molecule has 2 aromatic rings. The van der Waals surface area contributed by atoms with Gasteiger partial charge in [0.15, 0.2) is 6.29 Å². The zero-order valence-electron chi connectivity index (χ0n) is 19.6. The van der Waals surface area contributed by atoms with Crippen molar-refractivity contribution in [2.45, 2.75) is 55.9 Å². The van der Waals surface area contributed by atoms with Gasteiger partial charge in [-0.15, -0.1) is 6.58 Å². The molecule has 0 saturated carbocycles. The van der Waals surface area contributed by atoms with Gasteiger partial charge in [-0.05, 0) is 24.5 Å². The van der Waals surface area contributed by atoms with Crippen LogP contribution in [0.15, 0.2) is 48.8 Å². The van der Waals surface area contributed by atoms with Crippen LogP contribution in [0.5, 0.6) is 0 Å².